The van der Waals surface area contributed by atoms with Crippen LogP contribution in [-0.2, 0) is 4.79 Å². The van der Waals surface area contributed by atoms with Crippen LogP contribution in [0.15, 0.2) is 0 Å². The number of carbonyl (C=O) groups is 1. The molecule has 39 heavy (non-hydrogen) atoms. The Morgan fingerprint density at radius 2 is 0.564 bits per heavy atom. The highest BCUT2D eigenvalue weighted by atomic mass is 16.1. The van der Waals surface area contributed by atoms with Crippen molar-refractivity contribution in [3.05, 3.63) is 0 Å². The molecule has 0 spiro atoms. The zero-order chi connectivity index (χ0) is 28.3. The summed E-state index contributed by atoms with van der Waals surface area (Å²) in [6.07, 6.45) is 45.2. The van der Waals surface area contributed by atoms with Crippen LogP contribution in [0.25, 0.3) is 0 Å². The quantitative estimate of drug-likeness (QED) is 0.0794. The first-order chi connectivity index (χ1) is 19.3. The lowest BCUT2D eigenvalue weighted by Crippen LogP contribution is -2.23. The van der Waals surface area contributed by atoms with Crippen molar-refractivity contribution in [1.82, 2.24) is 5.32 Å². The summed E-state index contributed by atoms with van der Waals surface area (Å²) in [5, 5.41) is 3.14. The number of rotatable bonds is 34. The molecule has 0 unspecified atom stereocenters. The Hall–Kier alpha value is -0.530. The van der Waals surface area contributed by atoms with Gasteiger partial charge in [-0.3, -0.25) is 4.79 Å². The molecule has 0 atom stereocenters. The van der Waals surface area contributed by atoms with E-state index in [-0.39, 0.29) is 5.91 Å². The molecule has 0 aliphatic rings. The fourth-order valence-corrected chi connectivity index (χ4v) is 5.82. The fraction of sp³-hybridized carbons (Fsp3) is 0.973. The lowest BCUT2D eigenvalue weighted by molar-refractivity contribution is -0.121. The van der Waals surface area contributed by atoms with Gasteiger partial charge in [-0.1, -0.05) is 206 Å². The van der Waals surface area contributed by atoms with Gasteiger partial charge in [0.2, 0.25) is 5.91 Å². The van der Waals surface area contributed by atoms with Crippen LogP contribution >= 0.6 is 0 Å². The molecule has 234 valence electrons. The molecule has 0 saturated carbocycles. The van der Waals surface area contributed by atoms with E-state index >= 15 is 0 Å². The van der Waals surface area contributed by atoms with Gasteiger partial charge in [0.1, 0.15) is 0 Å². The van der Waals surface area contributed by atoms with Gasteiger partial charge in [-0.2, -0.15) is 0 Å². The second kappa shape index (κ2) is 35.5. The molecule has 0 aromatic rings. The summed E-state index contributed by atoms with van der Waals surface area (Å²) >= 11 is 0. The number of unbranched alkanes of at least 4 members (excludes halogenated alkanes) is 30. The summed E-state index contributed by atoms with van der Waals surface area (Å²) < 4.78 is 0. The highest BCUT2D eigenvalue weighted by Gasteiger charge is 2.01. The van der Waals surface area contributed by atoms with Gasteiger partial charge < -0.3 is 5.32 Å². The smallest absolute Gasteiger partial charge is 0.219 e. The molecule has 0 radical (unpaired) electrons. The van der Waals surface area contributed by atoms with E-state index in [2.05, 4.69) is 19.2 Å². The Kier molecular flexibility index (Phi) is 35.0. The average Bonchev–Trinajstić information content (AvgIpc) is 2.94. The summed E-state index contributed by atoms with van der Waals surface area (Å²) in [7, 11) is 0. The first-order valence-electron chi connectivity index (χ1n) is 18.6. The molecule has 0 aromatic carbocycles. The third-order valence-electron chi connectivity index (χ3n) is 8.61. The van der Waals surface area contributed by atoms with Crippen molar-refractivity contribution < 1.29 is 4.79 Å². The second-order valence-corrected chi connectivity index (χ2v) is 12.7. The van der Waals surface area contributed by atoms with E-state index in [0.29, 0.717) is 0 Å². The highest BCUT2D eigenvalue weighted by molar-refractivity contribution is 5.75. The van der Waals surface area contributed by atoms with Gasteiger partial charge >= 0.3 is 0 Å². The second-order valence-electron chi connectivity index (χ2n) is 12.7. The zero-order valence-electron chi connectivity index (χ0n) is 27.4. The van der Waals surface area contributed by atoms with E-state index in [4.69, 9.17) is 0 Å². The molecule has 0 aromatic heterocycles. The number of carbonyl (C=O) groups excluding carboxylic acids is 1. The largest absolute Gasteiger partial charge is 0.356 e. The SMILES string of the molecule is CCCCCCCCCCCCCCCCCCCC(=O)NCCCCCCCCCCCCCCCCC. The standard InChI is InChI=1S/C37H75NO/c1-3-5-7-9-11-13-15-17-19-20-21-23-25-27-29-31-33-35-37(39)38-36-34-32-30-28-26-24-22-18-16-14-12-10-8-6-4-2/h3-36H2,1-2H3,(H,38,39). The van der Waals surface area contributed by atoms with Crippen LogP contribution in [0.5, 0.6) is 0 Å². The van der Waals surface area contributed by atoms with Crippen LogP contribution in [0, 0.1) is 0 Å². The van der Waals surface area contributed by atoms with E-state index in [1.54, 1.807) is 0 Å². The third kappa shape index (κ3) is 35.4. The molecule has 2 heteroatoms. The number of hydrogen-bond donors (Lipinski definition) is 1. The van der Waals surface area contributed by atoms with Gasteiger partial charge in [0.05, 0.1) is 0 Å². The van der Waals surface area contributed by atoms with E-state index < -0.39 is 0 Å². The van der Waals surface area contributed by atoms with E-state index in [1.165, 1.54) is 193 Å². The Labute approximate surface area is 248 Å². The van der Waals surface area contributed by atoms with Crippen LogP contribution in [0.4, 0.5) is 0 Å². The lowest BCUT2D eigenvalue weighted by Gasteiger charge is -2.06. The van der Waals surface area contributed by atoms with Crippen molar-refractivity contribution >= 4 is 5.91 Å². The molecule has 0 heterocycles. The van der Waals surface area contributed by atoms with Crippen molar-refractivity contribution in [1.29, 1.82) is 0 Å². The van der Waals surface area contributed by atoms with Crippen molar-refractivity contribution in [2.75, 3.05) is 6.54 Å². The fourth-order valence-electron chi connectivity index (χ4n) is 5.82. The Morgan fingerprint density at radius 3 is 0.846 bits per heavy atom. The molecule has 0 bridgehead atoms. The van der Waals surface area contributed by atoms with Crippen LogP contribution in [0.1, 0.15) is 226 Å². The molecule has 1 N–H and O–H groups in total. The molecule has 0 rings (SSSR count). The van der Waals surface area contributed by atoms with Gasteiger partial charge in [0.25, 0.3) is 0 Å². The maximum Gasteiger partial charge on any atom is 0.219 e. The van der Waals surface area contributed by atoms with Crippen molar-refractivity contribution in [3.8, 4) is 0 Å². The number of nitrogens with one attached hydrogen (secondary N) is 1. The minimum absolute atomic E-state index is 0.279. The Bertz CT molecular complexity index is 449. The number of amides is 1. The zero-order valence-corrected chi connectivity index (χ0v) is 27.4. The topological polar surface area (TPSA) is 29.1 Å². The molecule has 0 saturated heterocycles. The first-order valence-corrected chi connectivity index (χ1v) is 18.6. The summed E-state index contributed by atoms with van der Waals surface area (Å²) in [4.78, 5) is 12.0. The highest BCUT2D eigenvalue weighted by Crippen LogP contribution is 2.15. The van der Waals surface area contributed by atoms with Gasteiger partial charge in [-0.05, 0) is 12.8 Å². The van der Waals surface area contributed by atoms with Gasteiger partial charge in [-0.25, -0.2) is 0 Å². The van der Waals surface area contributed by atoms with Crippen molar-refractivity contribution in [3.63, 3.8) is 0 Å². The Morgan fingerprint density at radius 1 is 0.333 bits per heavy atom. The molecular formula is C37H75NO. The summed E-state index contributed by atoms with van der Waals surface area (Å²) in [5.74, 6) is 0.279. The first kappa shape index (κ1) is 38.5. The van der Waals surface area contributed by atoms with Crippen LogP contribution in [0.2, 0.25) is 0 Å². The minimum Gasteiger partial charge on any atom is -0.356 e. The summed E-state index contributed by atoms with van der Waals surface area (Å²) in [6, 6.07) is 0. The van der Waals surface area contributed by atoms with Gasteiger partial charge in [0, 0.05) is 13.0 Å². The van der Waals surface area contributed by atoms with Crippen LogP contribution in [-0.4, -0.2) is 12.5 Å². The van der Waals surface area contributed by atoms with Crippen molar-refractivity contribution in [2.45, 2.75) is 226 Å². The Balaban J connectivity index is 3.14. The summed E-state index contributed by atoms with van der Waals surface area (Å²) in [5.41, 5.74) is 0. The van der Waals surface area contributed by atoms with Crippen LogP contribution in [0.3, 0.4) is 0 Å². The van der Waals surface area contributed by atoms with E-state index in [0.717, 1.165) is 25.8 Å². The van der Waals surface area contributed by atoms with Crippen molar-refractivity contribution in [2.24, 2.45) is 0 Å². The van der Waals surface area contributed by atoms with Gasteiger partial charge in [-0.15, -0.1) is 0 Å². The van der Waals surface area contributed by atoms with E-state index in [9.17, 15) is 4.79 Å². The number of hydrogen-bond acceptors (Lipinski definition) is 1. The molecule has 1 amide bonds. The van der Waals surface area contributed by atoms with E-state index in [1.807, 2.05) is 0 Å². The molecular weight excluding hydrogens is 474 g/mol. The molecule has 0 aliphatic heterocycles. The summed E-state index contributed by atoms with van der Waals surface area (Å²) in [6.45, 7) is 5.47. The van der Waals surface area contributed by atoms with Crippen LogP contribution < -0.4 is 5.32 Å². The maximum atomic E-state index is 12.0. The molecule has 0 aliphatic carbocycles. The lowest BCUT2D eigenvalue weighted by atomic mass is 10.0. The third-order valence-corrected chi connectivity index (χ3v) is 8.61. The van der Waals surface area contributed by atoms with Gasteiger partial charge in [0.15, 0.2) is 0 Å². The average molecular weight is 550 g/mol. The normalized spacial score (nSPS) is 11.3. The molecule has 2 nitrogen and oxygen atoms in total. The predicted molar refractivity (Wildman–Crippen MR) is 177 cm³/mol. The predicted octanol–water partition coefficient (Wildman–Crippen LogP) is 13.0. The maximum absolute atomic E-state index is 12.0. The molecule has 0 fully saturated rings. The minimum atomic E-state index is 0.279. The monoisotopic (exact) mass is 550 g/mol.